The minimum absolute atomic E-state index is 0.0571. The molecule has 1 aromatic rings. The van der Waals surface area contributed by atoms with Gasteiger partial charge in [-0.2, -0.15) is 5.10 Å². The van der Waals surface area contributed by atoms with Crippen LogP contribution in [0.15, 0.2) is 9.79 Å². The molecular formula is C20H36N6O. The van der Waals surface area contributed by atoms with E-state index in [2.05, 4.69) is 34.2 Å². The Hall–Kier alpha value is -1.79. The van der Waals surface area contributed by atoms with E-state index in [1.807, 2.05) is 11.6 Å². The van der Waals surface area contributed by atoms with Crippen LogP contribution in [0.4, 0.5) is 0 Å². The van der Waals surface area contributed by atoms with E-state index in [1.54, 1.807) is 4.68 Å². The van der Waals surface area contributed by atoms with Crippen LogP contribution in [-0.2, 0) is 19.5 Å². The lowest BCUT2D eigenvalue weighted by Crippen LogP contribution is -2.41. The first kappa shape index (κ1) is 20.0. The highest BCUT2D eigenvalue weighted by atomic mass is 16.2. The van der Waals surface area contributed by atoms with Crippen molar-refractivity contribution in [1.29, 1.82) is 0 Å². The molecule has 1 N–H and O–H groups in total. The standard InChI is InChI=1S/C20H36N6O/c1-4-16(5-2)17-10-14-24(15-17)19(21-3)22-11-8-13-26-20(27)25-12-7-6-9-18(25)23-26/h16-17H,4-15H2,1-3H3,(H,21,22). The fourth-order valence-electron chi connectivity index (χ4n) is 4.68. The van der Waals surface area contributed by atoms with Gasteiger partial charge in [-0.15, -0.1) is 0 Å². The lowest BCUT2D eigenvalue weighted by molar-refractivity contribution is 0.319. The molecule has 27 heavy (non-hydrogen) atoms. The summed E-state index contributed by atoms with van der Waals surface area (Å²) in [6.45, 7) is 9.12. The molecule has 3 rings (SSSR count). The molecule has 1 unspecified atom stereocenters. The van der Waals surface area contributed by atoms with E-state index in [0.717, 1.165) is 75.5 Å². The van der Waals surface area contributed by atoms with Gasteiger partial charge in [0.05, 0.1) is 0 Å². The molecule has 0 spiro atoms. The van der Waals surface area contributed by atoms with Crippen molar-refractivity contribution in [2.24, 2.45) is 16.8 Å². The molecular weight excluding hydrogens is 340 g/mol. The molecule has 7 nitrogen and oxygen atoms in total. The third-order valence-corrected chi connectivity index (χ3v) is 6.31. The zero-order valence-electron chi connectivity index (χ0n) is 17.3. The SMILES string of the molecule is CCC(CC)C1CCN(C(=NC)NCCCn2nc3n(c2=O)CCCC3)C1. The van der Waals surface area contributed by atoms with Gasteiger partial charge < -0.3 is 10.2 Å². The number of fused-ring (bicyclic) bond motifs is 1. The third-order valence-electron chi connectivity index (χ3n) is 6.31. The number of rotatable bonds is 7. The molecule has 0 aromatic carbocycles. The number of aryl methyl sites for hydroxylation is 2. The summed E-state index contributed by atoms with van der Waals surface area (Å²) in [4.78, 5) is 19.2. The van der Waals surface area contributed by atoms with Crippen LogP contribution in [0.5, 0.6) is 0 Å². The van der Waals surface area contributed by atoms with Gasteiger partial charge in [-0.05, 0) is 37.5 Å². The van der Waals surface area contributed by atoms with Gasteiger partial charge in [0, 0.05) is 46.2 Å². The summed E-state index contributed by atoms with van der Waals surface area (Å²) in [5.41, 5.74) is 0.0571. The molecule has 1 atom stereocenters. The fraction of sp³-hybridized carbons (Fsp3) is 0.850. The summed E-state index contributed by atoms with van der Waals surface area (Å²) in [5.74, 6) is 3.57. The maximum atomic E-state index is 12.4. The van der Waals surface area contributed by atoms with E-state index in [4.69, 9.17) is 0 Å². The van der Waals surface area contributed by atoms with Crippen LogP contribution >= 0.6 is 0 Å². The number of nitrogens with zero attached hydrogens (tertiary/aromatic N) is 5. The molecule has 0 aliphatic carbocycles. The maximum absolute atomic E-state index is 12.4. The molecule has 1 saturated heterocycles. The molecule has 0 amide bonds. The highest BCUT2D eigenvalue weighted by molar-refractivity contribution is 5.80. The molecule has 0 radical (unpaired) electrons. The molecule has 152 valence electrons. The Balaban J connectivity index is 1.46. The van der Waals surface area contributed by atoms with Crippen molar-refractivity contribution in [2.75, 3.05) is 26.7 Å². The van der Waals surface area contributed by atoms with Crippen LogP contribution in [0, 0.1) is 11.8 Å². The van der Waals surface area contributed by atoms with E-state index in [-0.39, 0.29) is 5.69 Å². The molecule has 0 bridgehead atoms. The first-order chi connectivity index (χ1) is 13.2. The number of hydrogen-bond acceptors (Lipinski definition) is 3. The summed E-state index contributed by atoms with van der Waals surface area (Å²) >= 11 is 0. The van der Waals surface area contributed by atoms with E-state index < -0.39 is 0 Å². The number of guanidine groups is 1. The van der Waals surface area contributed by atoms with Gasteiger partial charge in [0.25, 0.3) is 0 Å². The first-order valence-corrected chi connectivity index (χ1v) is 10.8. The molecule has 2 aliphatic rings. The van der Waals surface area contributed by atoms with Gasteiger partial charge in [-0.1, -0.05) is 26.7 Å². The summed E-state index contributed by atoms with van der Waals surface area (Å²) in [6, 6.07) is 0. The second kappa shape index (κ2) is 9.42. The Morgan fingerprint density at radius 3 is 2.81 bits per heavy atom. The van der Waals surface area contributed by atoms with E-state index in [1.165, 1.54) is 19.3 Å². The molecule has 2 aliphatic heterocycles. The molecule has 0 saturated carbocycles. The molecule has 3 heterocycles. The van der Waals surface area contributed by atoms with E-state index in [0.29, 0.717) is 6.54 Å². The molecule has 7 heteroatoms. The van der Waals surface area contributed by atoms with Crippen LogP contribution in [-0.4, -0.2) is 51.9 Å². The third kappa shape index (κ3) is 4.55. The predicted octanol–water partition coefficient (Wildman–Crippen LogP) is 2.10. The summed E-state index contributed by atoms with van der Waals surface area (Å²) in [6.07, 6.45) is 7.84. The average Bonchev–Trinajstić information content (AvgIpc) is 3.29. The molecule has 1 aromatic heterocycles. The van der Waals surface area contributed by atoms with Crippen LogP contribution < -0.4 is 11.0 Å². The van der Waals surface area contributed by atoms with Gasteiger partial charge in [-0.25, -0.2) is 9.48 Å². The zero-order valence-corrected chi connectivity index (χ0v) is 17.3. The van der Waals surface area contributed by atoms with Crippen LogP contribution in [0.25, 0.3) is 0 Å². The number of aromatic nitrogens is 3. The highest BCUT2D eigenvalue weighted by Gasteiger charge is 2.29. The van der Waals surface area contributed by atoms with Crippen LogP contribution in [0.2, 0.25) is 0 Å². The monoisotopic (exact) mass is 376 g/mol. The lowest BCUT2D eigenvalue weighted by atomic mass is 9.87. The smallest absolute Gasteiger partial charge is 0.345 e. The van der Waals surface area contributed by atoms with Crippen LogP contribution in [0.1, 0.15) is 58.2 Å². The Kier molecular flexibility index (Phi) is 6.96. The van der Waals surface area contributed by atoms with Crippen molar-refractivity contribution in [3.8, 4) is 0 Å². The topological polar surface area (TPSA) is 67.5 Å². The zero-order chi connectivity index (χ0) is 19.2. The summed E-state index contributed by atoms with van der Waals surface area (Å²) < 4.78 is 3.49. The van der Waals surface area contributed by atoms with E-state index >= 15 is 0 Å². The first-order valence-electron chi connectivity index (χ1n) is 10.8. The van der Waals surface area contributed by atoms with Crippen molar-refractivity contribution < 1.29 is 0 Å². The molecule has 1 fully saturated rings. The Morgan fingerprint density at radius 2 is 2.11 bits per heavy atom. The van der Waals surface area contributed by atoms with Crippen molar-refractivity contribution in [3.63, 3.8) is 0 Å². The van der Waals surface area contributed by atoms with Gasteiger partial charge in [0.2, 0.25) is 0 Å². The number of aliphatic imine (C=N–C) groups is 1. The summed E-state index contributed by atoms with van der Waals surface area (Å²) in [5, 5.41) is 8.00. The second-order valence-electron chi connectivity index (χ2n) is 7.93. The van der Waals surface area contributed by atoms with Crippen molar-refractivity contribution in [2.45, 2.75) is 71.9 Å². The normalized spacial score (nSPS) is 20.4. The summed E-state index contributed by atoms with van der Waals surface area (Å²) in [7, 11) is 1.86. The van der Waals surface area contributed by atoms with Gasteiger partial charge in [0.15, 0.2) is 5.96 Å². The maximum Gasteiger partial charge on any atom is 0.345 e. The fourth-order valence-corrected chi connectivity index (χ4v) is 4.68. The van der Waals surface area contributed by atoms with Gasteiger partial charge in [0.1, 0.15) is 5.82 Å². The van der Waals surface area contributed by atoms with E-state index in [9.17, 15) is 4.79 Å². The van der Waals surface area contributed by atoms with Crippen molar-refractivity contribution >= 4 is 5.96 Å². The van der Waals surface area contributed by atoms with Crippen molar-refractivity contribution in [1.82, 2.24) is 24.6 Å². The van der Waals surface area contributed by atoms with Crippen molar-refractivity contribution in [3.05, 3.63) is 16.3 Å². The van der Waals surface area contributed by atoms with Gasteiger partial charge in [-0.3, -0.25) is 9.56 Å². The van der Waals surface area contributed by atoms with Crippen LogP contribution in [0.3, 0.4) is 0 Å². The average molecular weight is 377 g/mol. The minimum atomic E-state index is 0.0571. The lowest BCUT2D eigenvalue weighted by Gasteiger charge is -2.24. The Morgan fingerprint density at radius 1 is 1.30 bits per heavy atom. The highest BCUT2D eigenvalue weighted by Crippen LogP contribution is 2.28. The number of hydrogen-bond donors (Lipinski definition) is 1. The minimum Gasteiger partial charge on any atom is -0.356 e. The quantitative estimate of drug-likeness (QED) is 0.450. The van der Waals surface area contributed by atoms with Gasteiger partial charge >= 0.3 is 5.69 Å². The largest absolute Gasteiger partial charge is 0.356 e. The number of likely N-dealkylation sites (tertiary alicyclic amines) is 1. The second-order valence-corrected chi connectivity index (χ2v) is 7.93. The predicted molar refractivity (Wildman–Crippen MR) is 109 cm³/mol. The Bertz CT molecular complexity index is 687. The Labute approximate surface area is 162 Å². The number of nitrogens with one attached hydrogen (secondary N) is 1.